The molecule has 7 heteroatoms. The van der Waals surface area contributed by atoms with Gasteiger partial charge in [0.25, 0.3) is 5.56 Å². The fraction of sp³-hybridized carbons (Fsp3) is 0.611. The van der Waals surface area contributed by atoms with Crippen LogP contribution in [0.5, 0.6) is 0 Å². The van der Waals surface area contributed by atoms with Gasteiger partial charge in [0, 0.05) is 31.9 Å². The molecular weight excluding hydrogens is 322 g/mol. The van der Waals surface area contributed by atoms with Gasteiger partial charge in [0.1, 0.15) is 5.54 Å². The van der Waals surface area contributed by atoms with Crippen LogP contribution >= 0.6 is 0 Å². The first-order chi connectivity index (χ1) is 11.8. The van der Waals surface area contributed by atoms with Gasteiger partial charge in [-0.2, -0.15) is 0 Å². The summed E-state index contributed by atoms with van der Waals surface area (Å²) in [4.78, 5) is 37.6. The minimum Gasteiger partial charge on any atom is -0.481 e. The highest BCUT2D eigenvalue weighted by Gasteiger charge is 2.30. The summed E-state index contributed by atoms with van der Waals surface area (Å²) in [7, 11) is 0. The molecule has 0 unspecified atom stereocenters. The number of carbonyl (C=O) groups is 2. The van der Waals surface area contributed by atoms with E-state index in [9.17, 15) is 14.4 Å². The number of carboxylic acid groups (broad SMARTS) is 1. The average Bonchev–Trinajstić information content (AvgIpc) is 2.84. The highest BCUT2D eigenvalue weighted by Crippen LogP contribution is 2.21. The largest absolute Gasteiger partial charge is 0.481 e. The van der Waals surface area contributed by atoms with Crippen molar-refractivity contribution in [1.82, 2.24) is 9.88 Å². The Hall–Kier alpha value is -2.31. The second-order valence-electron chi connectivity index (χ2n) is 6.96. The molecule has 0 bridgehead atoms. The van der Waals surface area contributed by atoms with Crippen LogP contribution in [0.15, 0.2) is 23.1 Å². The number of pyridine rings is 1. The molecule has 2 heterocycles. The molecule has 1 aliphatic rings. The van der Waals surface area contributed by atoms with Gasteiger partial charge in [-0.05, 0) is 32.8 Å². The van der Waals surface area contributed by atoms with Crippen LogP contribution in [0.3, 0.4) is 0 Å². The first kappa shape index (κ1) is 19.0. The molecule has 7 nitrogen and oxygen atoms in total. The van der Waals surface area contributed by atoms with Crippen molar-refractivity contribution in [3.05, 3.63) is 28.7 Å². The van der Waals surface area contributed by atoms with Crippen molar-refractivity contribution in [2.45, 2.75) is 51.5 Å². The maximum Gasteiger partial charge on any atom is 0.305 e. The molecule has 1 aromatic heterocycles. The predicted molar refractivity (Wildman–Crippen MR) is 96.0 cm³/mol. The topological polar surface area (TPSA) is 91.6 Å². The fourth-order valence-corrected chi connectivity index (χ4v) is 3.04. The molecule has 1 aromatic rings. The molecule has 0 aromatic carbocycles. The summed E-state index contributed by atoms with van der Waals surface area (Å²) < 4.78 is 1.43. The number of nitrogens with one attached hydrogen (secondary N) is 1. The van der Waals surface area contributed by atoms with Crippen LogP contribution in [0, 0.1) is 0 Å². The Kier molecular flexibility index (Phi) is 6.22. The van der Waals surface area contributed by atoms with Gasteiger partial charge in [0.05, 0.1) is 12.1 Å². The van der Waals surface area contributed by atoms with Crippen LogP contribution in [0.4, 0.5) is 5.69 Å². The average molecular weight is 349 g/mol. The number of aromatic nitrogens is 1. The Morgan fingerprint density at radius 3 is 2.40 bits per heavy atom. The second kappa shape index (κ2) is 8.18. The smallest absolute Gasteiger partial charge is 0.305 e. The van der Waals surface area contributed by atoms with Crippen LogP contribution in [0.1, 0.15) is 46.0 Å². The summed E-state index contributed by atoms with van der Waals surface area (Å²) >= 11 is 0. The number of carboxylic acids is 1. The standard InChI is InChI=1S/C18H27N3O4/c1-18(2,17(25)19-10-9-16(23)24)21-13-14(7-8-15(21)22)20-11-5-3-4-6-12-20/h7-8,13H,3-6,9-12H2,1-2H3,(H,19,25)(H,23,24). The van der Waals surface area contributed by atoms with Crippen LogP contribution in [0.2, 0.25) is 0 Å². The van der Waals surface area contributed by atoms with Crippen molar-refractivity contribution in [3.8, 4) is 0 Å². The van der Waals surface area contributed by atoms with Crippen molar-refractivity contribution in [2.24, 2.45) is 0 Å². The summed E-state index contributed by atoms with van der Waals surface area (Å²) in [6.45, 7) is 5.26. The molecule has 1 saturated heterocycles. The van der Waals surface area contributed by atoms with Crippen molar-refractivity contribution in [2.75, 3.05) is 24.5 Å². The van der Waals surface area contributed by atoms with E-state index in [1.54, 1.807) is 20.0 Å². The summed E-state index contributed by atoms with van der Waals surface area (Å²) in [6.07, 6.45) is 6.27. The van der Waals surface area contributed by atoms with Gasteiger partial charge in [0.15, 0.2) is 0 Å². The maximum atomic E-state index is 12.5. The molecule has 25 heavy (non-hydrogen) atoms. The van der Waals surface area contributed by atoms with Gasteiger partial charge in [0.2, 0.25) is 5.91 Å². The third-order valence-electron chi connectivity index (χ3n) is 4.65. The minimum absolute atomic E-state index is 0.0398. The molecule has 0 saturated carbocycles. The molecule has 0 spiro atoms. The molecule has 0 aliphatic carbocycles. The van der Waals surface area contributed by atoms with Gasteiger partial charge >= 0.3 is 5.97 Å². The SMILES string of the molecule is CC(C)(C(=O)NCCC(=O)O)n1cc(N2CCCCCC2)ccc1=O. The lowest BCUT2D eigenvalue weighted by Gasteiger charge is -2.29. The zero-order valence-corrected chi connectivity index (χ0v) is 15.0. The van der Waals surface area contributed by atoms with Crippen molar-refractivity contribution < 1.29 is 14.7 Å². The number of amides is 1. The van der Waals surface area contributed by atoms with E-state index in [-0.39, 0.29) is 24.4 Å². The molecule has 1 fully saturated rings. The Morgan fingerprint density at radius 1 is 1.16 bits per heavy atom. The molecule has 0 atom stereocenters. The summed E-state index contributed by atoms with van der Waals surface area (Å²) in [5.41, 5.74) is -0.415. The summed E-state index contributed by atoms with van der Waals surface area (Å²) in [5, 5.41) is 11.3. The lowest BCUT2D eigenvalue weighted by molar-refractivity contribution is -0.137. The van der Waals surface area contributed by atoms with Gasteiger partial charge in [-0.3, -0.25) is 19.0 Å². The third-order valence-corrected chi connectivity index (χ3v) is 4.65. The minimum atomic E-state index is -1.10. The monoisotopic (exact) mass is 349 g/mol. The third kappa shape index (κ3) is 4.84. The van der Waals surface area contributed by atoms with Crippen LogP contribution in [-0.2, 0) is 15.1 Å². The van der Waals surface area contributed by atoms with E-state index in [0.29, 0.717) is 0 Å². The van der Waals surface area contributed by atoms with Crippen LogP contribution in [0.25, 0.3) is 0 Å². The first-order valence-electron chi connectivity index (χ1n) is 8.80. The summed E-state index contributed by atoms with van der Waals surface area (Å²) in [6, 6.07) is 3.30. The number of aliphatic carboxylic acids is 1. The van der Waals surface area contributed by atoms with Crippen LogP contribution < -0.4 is 15.8 Å². The Balaban J connectivity index is 2.20. The van der Waals surface area contributed by atoms with Crippen LogP contribution in [-0.4, -0.2) is 41.2 Å². The highest BCUT2D eigenvalue weighted by molar-refractivity contribution is 5.84. The van der Waals surface area contributed by atoms with Gasteiger partial charge in [-0.25, -0.2) is 0 Å². The molecule has 2 rings (SSSR count). The highest BCUT2D eigenvalue weighted by atomic mass is 16.4. The number of rotatable bonds is 6. The number of nitrogens with zero attached hydrogens (tertiary/aromatic N) is 2. The molecule has 1 aliphatic heterocycles. The van der Waals surface area contributed by atoms with E-state index in [2.05, 4.69) is 10.2 Å². The van der Waals surface area contributed by atoms with Crippen molar-refractivity contribution in [1.29, 1.82) is 0 Å². The summed E-state index contributed by atoms with van der Waals surface area (Å²) in [5.74, 6) is -1.35. The van der Waals surface area contributed by atoms with E-state index in [4.69, 9.17) is 5.11 Å². The Bertz CT molecular complexity index is 673. The van der Waals surface area contributed by atoms with E-state index in [0.717, 1.165) is 31.6 Å². The van der Waals surface area contributed by atoms with Gasteiger partial charge in [-0.15, -0.1) is 0 Å². The molecular formula is C18H27N3O4. The van der Waals surface area contributed by atoms with Gasteiger partial charge in [-0.1, -0.05) is 12.8 Å². The van der Waals surface area contributed by atoms with Crippen molar-refractivity contribution >= 4 is 17.6 Å². The van der Waals surface area contributed by atoms with Gasteiger partial charge < -0.3 is 15.3 Å². The quantitative estimate of drug-likeness (QED) is 0.813. The molecule has 1 amide bonds. The van der Waals surface area contributed by atoms with E-state index >= 15 is 0 Å². The fourth-order valence-electron chi connectivity index (χ4n) is 3.04. The maximum absolute atomic E-state index is 12.5. The number of hydrogen-bond acceptors (Lipinski definition) is 4. The second-order valence-corrected chi connectivity index (χ2v) is 6.96. The first-order valence-corrected chi connectivity index (χ1v) is 8.80. The lowest BCUT2D eigenvalue weighted by Crippen LogP contribution is -2.49. The van der Waals surface area contributed by atoms with Crippen molar-refractivity contribution in [3.63, 3.8) is 0 Å². The zero-order chi connectivity index (χ0) is 18.4. The number of anilines is 1. The van der Waals surface area contributed by atoms with E-state index in [1.807, 2.05) is 6.07 Å². The molecule has 138 valence electrons. The normalized spacial score (nSPS) is 15.5. The number of carbonyl (C=O) groups excluding carboxylic acids is 1. The predicted octanol–water partition coefficient (Wildman–Crippen LogP) is 1.55. The lowest BCUT2D eigenvalue weighted by atomic mass is 10.0. The Morgan fingerprint density at radius 2 is 1.80 bits per heavy atom. The zero-order valence-electron chi connectivity index (χ0n) is 15.0. The molecule has 2 N–H and O–H groups in total. The van der Waals surface area contributed by atoms with E-state index < -0.39 is 11.5 Å². The van der Waals surface area contributed by atoms with E-state index in [1.165, 1.54) is 23.5 Å². The number of hydrogen-bond donors (Lipinski definition) is 2. The Labute approximate surface area is 147 Å². The molecule has 0 radical (unpaired) electrons.